The maximum Gasteiger partial charge on any atom is 0.167 e. The number of hydrogen-bond donors (Lipinski definition) is 1. The second kappa shape index (κ2) is 6.61. The van der Waals surface area contributed by atoms with E-state index in [-0.39, 0.29) is 17.1 Å². The molecule has 0 aliphatic carbocycles. The van der Waals surface area contributed by atoms with E-state index < -0.39 is 11.6 Å². The van der Waals surface area contributed by atoms with Crippen molar-refractivity contribution in [2.45, 2.75) is 0 Å². The van der Waals surface area contributed by atoms with Crippen LogP contribution in [-0.2, 0) is 0 Å². The van der Waals surface area contributed by atoms with Crippen molar-refractivity contribution < 1.29 is 8.78 Å². The van der Waals surface area contributed by atoms with E-state index in [0.717, 1.165) is 6.20 Å². The molecule has 0 spiro atoms. The molecule has 4 rings (SSSR count). The highest BCUT2D eigenvalue weighted by atomic mass is 35.5. The quantitative estimate of drug-likeness (QED) is 0.564. The molecule has 0 bridgehead atoms. The van der Waals surface area contributed by atoms with Gasteiger partial charge in [-0.1, -0.05) is 11.6 Å². The molecule has 26 heavy (non-hydrogen) atoms. The topological polar surface area (TPSA) is 63.6 Å². The molecular weight excluding hydrogens is 360 g/mol. The van der Waals surface area contributed by atoms with Gasteiger partial charge < -0.3 is 5.32 Å². The summed E-state index contributed by atoms with van der Waals surface area (Å²) in [6.45, 7) is 0. The van der Waals surface area contributed by atoms with Crippen molar-refractivity contribution in [3.8, 4) is 11.4 Å². The Bertz CT molecular complexity index is 1120. The summed E-state index contributed by atoms with van der Waals surface area (Å²) < 4.78 is 28.2. The molecule has 0 atom stereocenters. The Morgan fingerprint density at radius 2 is 1.85 bits per heavy atom. The molecule has 5 nitrogen and oxygen atoms in total. The number of anilines is 2. The number of benzene rings is 1. The molecule has 3 aromatic heterocycles. The number of fused-ring (bicyclic) bond motifs is 1. The fourth-order valence-corrected chi connectivity index (χ4v) is 2.62. The van der Waals surface area contributed by atoms with E-state index in [1.54, 1.807) is 18.3 Å². The van der Waals surface area contributed by atoms with Gasteiger partial charge in [-0.3, -0.25) is 4.98 Å². The molecule has 0 unspecified atom stereocenters. The Labute approximate surface area is 151 Å². The highest BCUT2D eigenvalue weighted by Gasteiger charge is 2.15. The number of aromatic nitrogens is 4. The first-order valence-electron chi connectivity index (χ1n) is 7.56. The highest BCUT2D eigenvalue weighted by Crippen LogP contribution is 2.29. The summed E-state index contributed by atoms with van der Waals surface area (Å²) in [6, 6.07) is 9.02. The largest absolute Gasteiger partial charge is 0.337 e. The van der Waals surface area contributed by atoms with E-state index in [1.807, 2.05) is 0 Å². The fourth-order valence-electron chi connectivity index (χ4n) is 2.45. The minimum atomic E-state index is -0.543. The zero-order chi connectivity index (χ0) is 18.1. The molecule has 0 aliphatic rings. The maximum absolute atomic E-state index is 14.2. The van der Waals surface area contributed by atoms with Crippen LogP contribution < -0.4 is 5.32 Å². The van der Waals surface area contributed by atoms with Gasteiger partial charge in [0.15, 0.2) is 17.3 Å². The van der Waals surface area contributed by atoms with Crippen molar-refractivity contribution in [1.29, 1.82) is 0 Å². The van der Waals surface area contributed by atoms with E-state index in [2.05, 4.69) is 25.3 Å². The average Bonchev–Trinajstić information content (AvgIpc) is 2.65. The van der Waals surface area contributed by atoms with Gasteiger partial charge in [0.1, 0.15) is 11.6 Å². The van der Waals surface area contributed by atoms with Crippen molar-refractivity contribution in [3.63, 3.8) is 0 Å². The van der Waals surface area contributed by atoms with Gasteiger partial charge in [-0.05, 0) is 36.4 Å². The predicted octanol–water partition coefficient (Wildman–Crippen LogP) is 4.76. The van der Waals surface area contributed by atoms with Crippen LogP contribution in [0.5, 0.6) is 0 Å². The Morgan fingerprint density at radius 1 is 0.962 bits per heavy atom. The summed E-state index contributed by atoms with van der Waals surface area (Å²) in [7, 11) is 0. The smallest absolute Gasteiger partial charge is 0.167 e. The average molecular weight is 370 g/mol. The molecule has 0 saturated carbocycles. The van der Waals surface area contributed by atoms with Crippen LogP contribution in [0.2, 0.25) is 5.02 Å². The Balaban J connectivity index is 1.91. The zero-order valence-corrected chi connectivity index (χ0v) is 13.9. The third-order valence-corrected chi connectivity index (χ3v) is 3.90. The molecule has 1 aromatic carbocycles. The minimum Gasteiger partial charge on any atom is -0.337 e. The number of pyridine rings is 2. The zero-order valence-electron chi connectivity index (χ0n) is 13.1. The highest BCUT2D eigenvalue weighted by molar-refractivity contribution is 6.30. The SMILES string of the molecule is Fc1cnccc1Nc1nc(-c2cc(Cl)ccc2F)nc2ncccc12. The van der Waals surface area contributed by atoms with Crippen LogP contribution in [-0.4, -0.2) is 19.9 Å². The van der Waals surface area contributed by atoms with Gasteiger partial charge in [0.2, 0.25) is 0 Å². The molecule has 4 aromatic rings. The lowest BCUT2D eigenvalue weighted by Gasteiger charge is -2.11. The predicted molar refractivity (Wildman–Crippen MR) is 95.2 cm³/mol. The standard InChI is InChI=1S/C18H10ClF2N5/c19-10-3-4-13(20)12(8-10)18-25-16-11(2-1-6-23-16)17(26-18)24-15-5-7-22-9-14(15)21/h1-9H,(H,22,23,24,25,26). The van der Waals surface area contributed by atoms with Crippen LogP contribution in [0, 0.1) is 11.6 Å². The third kappa shape index (κ3) is 3.04. The summed E-state index contributed by atoms with van der Waals surface area (Å²) in [5.74, 6) is -0.680. The number of nitrogens with one attached hydrogen (secondary N) is 1. The van der Waals surface area contributed by atoms with E-state index >= 15 is 0 Å². The normalized spacial score (nSPS) is 10.9. The molecule has 0 fully saturated rings. The van der Waals surface area contributed by atoms with Gasteiger partial charge >= 0.3 is 0 Å². The van der Waals surface area contributed by atoms with Gasteiger partial charge in [0, 0.05) is 17.4 Å². The third-order valence-electron chi connectivity index (χ3n) is 3.67. The second-order valence-corrected chi connectivity index (χ2v) is 5.81. The molecule has 0 aliphatic heterocycles. The summed E-state index contributed by atoms with van der Waals surface area (Å²) >= 11 is 5.97. The molecule has 0 radical (unpaired) electrons. The van der Waals surface area contributed by atoms with Gasteiger partial charge in [-0.2, -0.15) is 0 Å². The fraction of sp³-hybridized carbons (Fsp3) is 0. The van der Waals surface area contributed by atoms with Crippen molar-refractivity contribution in [2.75, 3.05) is 5.32 Å². The van der Waals surface area contributed by atoms with Crippen LogP contribution in [0.1, 0.15) is 0 Å². The van der Waals surface area contributed by atoms with E-state index in [1.165, 1.54) is 30.5 Å². The minimum absolute atomic E-state index is 0.0909. The number of nitrogens with zero attached hydrogens (tertiary/aromatic N) is 4. The molecule has 3 heterocycles. The lowest BCUT2D eigenvalue weighted by molar-refractivity contribution is 0.625. The second-order valence-electron chi connectivity index (χ2n) is 5.38. The number of rotatable bonds is 3. The summed E-state index contributed by atoms with van der Waals surface area (Å²) in [5, 5.41) is 3.81. The summed E-state index contributed by atoms with van der Waals surface area (Å²) in [6.07, 6.45) is 4.09. The first-order chi connectivity index (χ1) is 12.6. The first kappa shape index (κ1) is 16.3. The van der Waals surface area contributed by atoms with Crippen LogP contribution in [0.4, 0.5) is 20.3 Å². The summed E-state index contributed by atoms with van der Waals surface area (Å²) in [4.78, 5) is 16.6. The van der Waals surface area contributed by atoms with Crippen molar-refractivity contribution >= 4 is 34.1 Å². The number of hydrogen-bond acceptors (Lipinski definition) is 5. The van der Waals surface area contributed by atoms with Crippen molar-refractivity contribution in [2.24, 2.45) is 0 Å². The van der Waals surface area contributed by atoms with Gasteiger partial charge in [-0.25, -0.2) is 23.7 Å². The van der Waals surface area contributed by atoms with E-state index in [4.69, 9.17) is 11.6 Å². The number of halogens is 3. The molecular formula is C18H10ClF2N5. The van der Waals surface area contributed by atoms with Crippen LogP contribution in [0.25, 0.3) is 22.4 Å². The molecule has 0 amide bonds. The maximum atomic E-state index is 14.2. The van der Waals surface area contributed by atoms with E-state index in [0.29, 0.717) is 21.9 Å². The van der Waals surface area contributed by atoms with Gasteiger partial charge in [-0.15, -0.1) is 0 Å². The van der Waals surface area contributed by atoms with Gasteiger partial charge in [0.05, 0.1) is 22.8 Å². The lowest BCUT2D eigenvalue weighted by atomic mass is 10.2. The van der Waals surface area contributed by atoms with Gasteiger partial charge in [0.25, 0.3) is 0 Å². The lowest BCUT2D eigenvalue weighted by Crippen LogP contribution is -2.02. The summed E-state index contributed by atoms with van der Waals surface area (Å²) in [5.41, 5.74) is 0.651. The van der Waals surface area contributed by atoms with Crippen LogP contribution in [0.3, 0.4) is 0 Å². The molecule has 1 N–H and O–H groups in total. The molecule has 128 valence electrons. The Kier molecular flexibility index (Phi) is 4.14. The van der Waals surface area contributed by atoms with Crippen molar-refractivity contribution in [3.05, 3.63) is 71.6 Å². The molecule has 0 saturated heterocycles. The van der Waals surface area contributed by atoms with Crippen LogP contribution >= 0.6 is 11.6 Å². The van der Waals surface area contributed by atoms with Crippen LogP contribution in [0.15, 0.2) is 55.0 Å². The monoisotopic (exact) mass is 369 g/mol. The Morgan fingerprint density at radius 3 is 2.69 bits per heavy atom. The van der Waals surface area contributed by atoms with Crippen molar-refractivity contribution in [1.82, 2.24) is 19.9 Å². The first-order valence-corrected chi connectivity index (χ1v) is 7.94. The van der Waals surface area contributed by atoms with E-state index in [9.17, 15) is 8.78 Å². The molecule has 8 heteroatoms. The Hall–Kier alpha value is -3.19.